The molecule has 148 valence electrons. The van der Waals surface area contributed by atoms with Crippen LogP contribution in [-0.4, -0.2) is 64.0 Å². The van der Waals surface area contributed by atoms with Crippen LogP contribution in [0.2, 0.25) is 0 Å². The number of carbonyl (C=O) groups excluding carboxylic acids is 1. The average Bonchev–Trinajstić information content (AvgIpc) is 3.12. The van der Waals surface area contributed by atoms with E-state index in [0.29, 0.717) is 30.8 Å². The van der Waals surface area contributed by atoms with Crippen LogP contribution >= 0.6 is 0 Å². The number of benzene rings is 1. The number of pyridine rings is 1. The lowest BCUT2D eigenvalue weighted by Crippen LogP contribution is -2.34. The SMILES string of the molecule is CC(C)n1ncc2c(C(=O)NCCN(C)CCO)cc(-c3ccccc3)nc21. The van der Waals surface area contributed by atoms with E-state index in [4.69, 9.17) is 10.1 Å². The molecular formula is C21H27N5O2. The minimum absolute atomic E-state index is 0.101. The summed E-state index contributed by atoms with van der Waals surface area (Å²) in [5, 5.41) is 17.1. The van der Waals surface area contributed by atoms with E-state index in [1.807, 2.05) is 66.9 Å². The molecule has 0 bridgehead atoms. The number of nitrogens with zero attached hydrogens (tertiary/aromatic N) is 4. The third-order valence-corrected chi connectivity index (χ3v) is 4.63. The van der Waals surface area contributed by atoms with E-state index in [9.17, 15) is 4.79 Å². The first-order chi connectivity index (χ1) is 13.5. The van der Waals surface area contributed by atoms with Gasteiger partial charge in [-0.15, -0.1) is 0 Å². The van der Waals surface area contributed by atoms with Gasteiger partial charge < -0.3 is 15.3 Å². The van der Waals surface area contributed by atoms with E-state index in [1.54, 1.807) is 6.20 Å². The zero-order chi connectivity index (χ0) is 20.1. The van der Waals surface area contributed by atoms with Gasteiger partial charge in [0.2, 0.25) is 0 Å². The number of hydrogen-bond donors (Lipinski definition) is 2. The van der Waals surface area contributed by atoms with Gasteiger partial charge in [-0.2, -0.15) is 5.10 Å². The van der Waals surface area contributed by atoms with Crippen molar-refractivity contribution in [2.24, 2.45) is 0 Å². The number of carbonyl (C=O) groups is 1. The van der Waals surface area contributed by atoms with Crippen LogP contribution in [0.5, 0.6) is 0 Å². The van der Waals surface area contributed by atoms with Gasteiger partial charge in [-0.05, 0) is 27.0 Å². The maximum Gasteiger partial charge on any atom is 0.252 e. The fourth-order valence-corrected chi connectivity index (χ4v) is 3.08. The number of rotatable bonds is 8. The number of fused-ring (bicyclic) bond motifs is 1. The summed E-state index contributed by atoms with van der Waals surface area (Å²) in [6.45, 7) is 5.93. The number of likely N-dealkylation sites (N-methyl/N-ethyl adjacent to an activating group) is 1. The highest BCUT2D eigenvalue weighted by atomic mass is 16.3. The lowest BCUT2D eigenvalue weighted by atomic mass is 10.1. The second-order valence-corrected chi connectivity index (χ2v) is 7.12. The van der Waals surface area contributed by atoms with E-state index in [1.165, 1.54) is 0 Å². The monoisotopic (exact) mass is 381 g/mol. The predicted octanol–water partition coefficient (Wildman–Crippen LogP) is 2.33. The molecule has 0 saturated heterocycles. The van der Waals surface area contributed by atoms with E-state index in [2.05, 4.69) is 10.4 Å². The third-order valence-electron chi connectivity index (χ3n) is 4.63. The van der Waals surface area contributed by atoms with Gasteiger partial charge in [0, 0.05) is 31.2 Å². The molecule has 2 heterocycles. The van der Waals surface area contributed by atoms with Gasteiger partial charge in [-0.1, -0.05) is 30.3 Å². The number of aliphatic hydroxyl groups is 1. The van der Waals surface area contributed by atoms with Crippen LogP contribution in [0.3, 0.4) is 0 Å². The number of aromatic nitrogens is 3. The maximum absolute atomic E-state index is 12.9. The highest BCUT2D eigenvalue weighted by Crippen LogP contribution is 2.26. The van der Waals surface area contributed by atoms with Crippen LogP contribution in [0.1, 0.15) is 30.2 Å². The number of hydrogen-bond acceptors (Lipinski definition) is 5. The zero-order valence-electron chi connectivity index (χ0n) is 16.6. The Labute approximate surface area is 165 Å². The van der Waals surface area contributed by atoms with Gasteiger partial charge in [0.1, 0.15) is 0 Å². The van der Waals surface area contributed by atoms with Gasteiger partial charge in [0.25, 0.3) is 5.91 Å². The minimum Gasteiger partial charge on any atom is -0.395 e. The molecular weight excluding hydrogens is 354 g/mol. The van der Waals surface area contributed by atoms with Crippen molar-refractivity contribution < 1.29 is 9.90 Å². The molecule has 0 aliphatic carbocycles. The summed E-state index contributed by atoms with van der Waals surface area (Å²) in [6, 6.07) is 11.8. The fourth-order valence-electron chi connectivity index (χ4n) is 3.08. The Bertz CT molecular complexity index is 937. The largest absolute Gasteiger partial charge is 0.395 e. The van der Waals surface area contributed by atoms with Crippen molar-refractivity contribution in [2.75, 3.05) is 33.3 Å². The Morgan fingerprint density at radius 1 is 1.25 bits per heavy atom. The molecule has 28 heavy (non-hydrogen) atoms. The fraction of sp³-hybridized carbons (Fsp3) is 0.381. The molecule has 0 aliphatic heterocycles. The molecule has 0 aliphatic rings. The molecule has 0 unspecified atom stereocenters. The van der Waals surface area contributed by atoms with Crippen molar-refractivity contribution in [1.82, 2.24) is 25.0 Å². The van der Waals surface area contributed by atoms with Crippen LogP contribution < -0.4 is 5.32 Å². The molecule has 2 aromatic heterocycles. The van der Waals surface area contributed by atoms with Gasteiger partial charge in [0.15, 0.2) is 5.65 Å². The standard InChI is InChI=1S/C21H27N5O2/c1-15(2)26-20-18(14-23-26)17(21(28)22-9-10-25(3)11-12-27)13-19(24-20)16-7-5-4-6-8-16/h4-8,13-15,27H,9-12H2,1-3H3,(H,22,28). The second kappa shape index (κ2) is 8.95. The molecule has 0 saturated carbocycles. The molecule has 7 heteroatoms. The van der Waals surface area contributed by atoms with Crippen LogP contribution in [0, 0.1) is 0 Å². The molecule has 2 N–H and O–H groups in total. The summed E-state index contributed by atoms with van der Waals surface area (Å²) in [4.78, 5) is 19.7. The molecule has 1 amide bonds. The third kappa shape index (κ3) is 4.37. The Kier molecular flexibility index (Phi) is 6.38. The predicted molar refractivity (Wildman–Crippen MR) is 110 cm³/mol. The van der Waals surface area contributed by atoms with Gasteiger partial charge >= 0.3 is 0 Å². The summed E-state index contributed by atoms with van der Waals surface area (Å²) in [7, 11) is 1.91. The molecule has 0 radical (unpaired) electrons. The lowest BCUT2D eigenvalue weighted by Gasteiger charge is -2.15. The van der Waals surface area contributed by atoms with E-state index in [0.717, 1.165) is 16.6 Å². The molecule has 1 aromatic carbocycles. The quantitative estimate of drug-likeness (QED) is 0.626. The molecule has 7 nitrogen and oxygen atoms in total. The number of nitrogens with one attached hydrogen (secondary N) is 1. The summed E-state index contributed by atoms with van der Waals surface area (Å²) >= 11 is 0. The lowest BCUT2D eigenvalue weighted by molar-refractivity contribution is 0.0950. The Morgan fingerprint density at radius 3 is 2.68 bits per heavy atom. The normalized spacial score (nSPS) is 11.5. The van der Waals surface area contributed by atoms with Crippen LogP contribution in [0.25, 0.3) is 22.3 Å². The Balaban J connectivity index is 1.95. The molecule has 0 atom stereocenters. The maximum atomic E-state index is 12.9. The summed E-state index contributed by atoms with van der Waals surface area (Å²) in [5.74, 6) is -0.148. The highest BCUT2D eigenvalue weighted by Gasteiger charge is 2.18. The second-order valence-electron chi connectivity index (χ2n) is 7.12. The summed E-state index contributed by atoms with van der Waals surface area (Å²) in [5.41, 5.74) is 2.98. The molecule has 0 fully saturated rings. The van der Waals surface area contributed by atoms with Crippen molar-refractivity contribution in [3.63, 3.8) is 0 Å². The Hall–Kier alpha value is -2.77. The van der Waals surface area contributed by atoms with E-state index >= 15 is 0 Å². The highest BCUT2D eigenvalue weighted by molar-refractivity contribution is 6.06. The summed E-state index contributed by atoms with van der Waals surface area (Å²) in [6.07, 6.45) is 1.71. The number of aliphatic hydroxyl groups excluding tert-OH is 1. The van der Waals surface area contributed by atoms with Crippen molar-refractivity contribution in [2.45, 2.75) is 19.9 Å². The molecule has 0 spiro atoms. The van der Waals surface area contributed by atoms with Crippen LogP contribution in [0.4, 0.5) is 0 Å². The van der Waals surface area contributed by atoms with E-state index in [-0.39, 0.29) is 18.6 Å². The average molecular weight is 381 g/mol. The van der Waals surface area contributed by atoms with Crippen molar-refractivity contribution in [1.29, 1.82) is 0 Å². The summed E-state index contributed by atoms with van der Waals surface area (Å²) < 4.78 is 1.84. The molecule has 3 aromatic rings. The van der Waals surface area contributed by atoms with Gasteiger partial charge in [-0.25, -0.2) is 9.67 Å². The molecule has 3 rings (SSSR count). The van der Waals surface area contributed by atoms with Crippen molar-refractivity contribution in [3.8, 4) is 11.3 Å². The van der Waals surface area contributed by atoms with Gasteiger partial charge in [0.05, 0.1) is 29.4 Å². The van der Waals surface area contributed by atoms with Crippen molar-refractivity contribution in [3.05, 3.63) is 48.2 Å². The van der Waals surface area contributed by atoms with Gasteiger partial charge in [-0.3, -0.25) is 4.79 Å². The number of amides is 1. The first kappa shape index (κ1) is 20.0. The van der Waals surface area contributed by atoms with Crippen molar-refractivity contribution >= 4 is 16.9 Å². The van der Waals surface area contributed by atoms with Crippen LogP contribution in [-0.2, 0) is 0 Å². The van der Waals surface area contributed by atoms with E-state index < -0.39 is 0 Å². The minimum atomic E-state index is -0.148. The topological polar surface area (TPSA) is 83.3 Å². The van der Waals surface area contributed by atoms with Crippen LogP contribution in [0.15, 0.2) is 42.6 Å². The first-order valence-electron chi connectivity index (χ1n) is 9.52. The Morgan fingerprint density at radius 2 is 2.00 bits per heavy atom. The smallest absolute Gasteiger partial charge is 0.252 e. The first-order valence-corrected chi connectivity index (χ1v) is 9.52. The zero-order valence-corrected chi connectivity index (χ0v) is 16.6.